The molecule has 2 N–H and O–H groups in total. The van der Waals surface area contributed by atoms with Crippen molar-refractivity contribution in [2.45, 2.75) is 97.0 Å². The second kappa shape index (κ2) is 10.3. The van der Waals surface area contributed by atoms with E-state index in [2.05, 4.69) is 5.09 Å². The highest BCUT2D eigenvalue weighted by atomic mass is 31.2. The number of nitrogens with one attached hydrogen (secondary N) is 1. The standard InChI is InChI=1S/C19H38NO7P/c1-11(2)24-10-18-16(8-14(6)27-18)20-28(22,23)25-9-15-17(26-12(3)4)7-13(5)19(15)21/h11-19,21H,7-10H2,1-6H3,(H2,20,22,23)/p-1/t13-,14-,15+,16?,17?,18+,19?/m0/s1. The largest absolute Gasteiger partial charge is 0.766 e. The van der Waals surface area contributed by atoms with Crippen LogP contribution in [0.1, 0.15) is 54.4 Å². The molecule has 0 aromatic rings. The van der Waals surface area contributed by atoms with Crippen molar-refractivity contribution in [1.29, 1.82) is 0 Å². The quantitative estimate of drug-likeness (QED) is 0.514. The molecule has 1 saturated carbocycles. The van der Waals surface area contributed by atoms with Gasteiger partial charge in [-0.2, -0.15) is 0 Å². The zero-order valence-corrected chi connectivity index (χ0v) is 18.8. The second-order valence-corrected chi connectivity index (χ2v) is 10.2. The molecule has 0 aromatic heterocycles. The number of aliphatic hydroxyl groups excluding tert-OH is 1. The van der Waals surface area contributed by atoms with Crippen molar-refractivity contribution in [3.05, 3.63) is 0 Å². The summed E-state index contributed by atoms with van der Waals surface area (Å²) >= 11 is 0. The Hall–Kier alpha value is -0.0500. The van der Waals surface area contributed by atoms with Crippen LogP contribution in [0.5, 0.6) is 0 Å². The third-order valence-corrected chi connectivity index (χ3v) is 6.48. The summed E-state index contributed by atoms with van der Waals surface area (Å²) in [7, 11) is -4.31. The van der Waals surface area contributed by atoms with Gasteiger partial charge in [-0.3, -0.25) is 9.65 Å². The third kappa shape index (κ3) is 7.03. The Labute approximate surface area is 168 Å². The van der Waals surface area contributed by atoms with Gasteiger partial charge >= 0.3 is 0 Å². The summed E-state index contributed by atoms with van der Waals surface area (Å²) in [5.74, 6) is -0.335. The lowest BCUT2D eigenvalue weighted by Crippen LogP contribution is -2.41. The number of hydrogen-bond acceptors (Lipinski definition) is 7. The predicted molar refractivity (Wildman–Crippen MR) is 104 cm³/mol. The van der Waals surface area contributed by atoms with Gasteiger partial charge < -0.3 is 28.7 Å². The summed E-state index contributed by atoms with van der Waals surface area (Å²) < 4.78 is 35.0. The Kier molecular flexibility index (Phi) is 8.92. The Bertz CT molecular complexity index is 530. The van der Waals surface area contributed by atoms with Gasteiger partial charge in [0.25, 0.3) is 0 Å². The summed E-state index contributed by atoms with van der Waals surface area (Å²) in [5, 5.41) is 13.0. The van der Waals surface area contributed by atoms with E-state index in [4.69, 9.17) is 18.7 Å². The zero-order chi connectivity index (χ0) is 21.1. The van der Waals surface area contributed by atoms with Crippen molar-refractivity contribution in [2.75, 3.05) is 13.2 Å². The molecule has 1 heterocycles. The summed E-state index contributed by atoms with van der Waals surface area (Å²) in [5.41, 5.74) is 0. The van der Waals surface area contributed by atoms with Crippen LogP contribution >= 0.6 is 7.75 Å². The van der Waals surface area contributed by atoms with Crippen molar-refractivity contribution in [1.82, 2.24) is 5.09 Å². The fraction of sp³-hybridized carbons (Fsp3) is 1.00. The van der Waals surface area contributed by atoms with Crippen molar-refractivity contribution in [3.8, 4) is 0 Å². The fourth-order valence-corrected chi connectivity index (χ4v) is 5.12. The van der Waals surface area contributed by atoms with Crippen LogP contribution in [0.4, 0.5) is 0 Å². The Morgan fingerprint density at radius 2 is 1.86 bits per heavy atom. The van der Waals surface area contributed by atoms with Gasteiger partial charge in [0, 0.05) is 12.0 Å². The molecule has 0 spiro atoms. The van der Waals surface area contributed by atoms with Crippen LogP contribution in [-0.4, -0.2) is 61.0 Å². The summed E-state index contributed by atoms with van der Waals surface area (Å²) in [6.45, 7) is 11.8. The van der Waals surface area contributed by atoms with Crippen LogP contribution in [0.15, 0.2) is 0 Å². The molecular weight excluding hydrogens is 385 g/mol. The van der Waals surface area contributed by atoms with Gasteiger partial charge in [-0.05, 0) is 53.4 Å². The summed E-state index contributed by atoms with van der Waals surface area (Å²) in [6.07, 6.45) is 0.0196. The van der Waals surface area contributed by atoms with E-state index in [0.29, 0.717) is 19.4 Å². The maximum atomic E-state index is 12.5. The maximum Gasteiger partial charge on any atom is 0.204 e. The molecule has 0 bridgehead atoms. The van der Waals surface area contributed by atoms with Gasteiger partial charge in [-0.25, -0.2) is 0 Å². The molecule has 2 fully saturated rings. The van der Waals surface area contributed by atoms with Gasteiger partial charge in [-0.1, -0.05) is 6.92 Å². The van der Waals surface area contributed by atoms with Gasteiger partial charge in [0.1, 0.15) is 0 Å². The van der Waals surface area contributed by atoms with E-state index in [-0.39, 0.29) is 49.0 Å². The van der Waals surface area contributed by atoms with Crippen LogP contribution in [0.2, 0.25) is 0 Å². The topological polar surface area (TPSA) is 109 Å². The van der Waals surface area contributed by atoms with E-state index in [1.54, 1.807) is 0 Å². The van der Waals surface area contributed by atoms with Gasteiger partial charge in [0.2, 0.25) is 7.75 Å². The van der Waals surface area contributed by atoms with E-state index in [1.165, 1.54) is 0 Å². The predicted octanol–water partition coefficient (Wildman–Crippen LogP) is 1.84. The molecule has 28 heavy (non-hydrogen) atoms. The van der Waals surface area contributed by atoms with Gasteiger partial charge in [0.15, 0.2) is 0 Å². The molecule has 2 aliphatic rings. The molecule has 0 amide bonds. The molecule has 9 heteroatoms. The molecular formula is C19H37NO7P-. The zero-order valence-electron chi connectivity index (χ0n) is 17.9. The first-order chi connectivity index (χ1) is 13.0. The van der Waals surface area contributed by atoms with Crippen LogP contribution in [0, 0.1) is 11.8 Å². The lowest BCUT2D eigenvalue weighted by atomic mass is 10.0. The van der Waals surface area contributed by atoms with Crippen molar-refractivity contribution >= 4 is 7.75 Å². The highest BCUT2D eigenvalue weighted by molar-refractivity contribution is 7.49. The molecule has 166 valence electrons. The monoisotopic (exact) mass is 422 g/mol. The third-order valence-electron chi connectivity index (χ3n) is 5.35. The van der Waals surface area contributed by atoms with Crippen LogP contribution in [-0.2, 0) is 23.3 Å². The molecule has 4 unspecified atom stereocenters. The molecule has 1 aliphatic heterocycles. The number of aliphatic hydroxyl groups is 1. The maximum absolute atomic E-state index is 12.5. The molecule has 0 radical (unpaired) electrons. The first-order valence-corrected chi connectivity index (χ1v) is 11.9. The fourth-order valence-electron chi connectivity index (χ4n) is 4.00. The van der Waals surface area contributed by atoms with E-state index >= 15 is 0 Å². The highest BCUT2D eigenvalue weighted by Gasteiger charge is 2.42. The Morgan fingerprint density at radius 3 is 2.46 bits per heavy atom. The van der Waals surface area contributed by atoms with Gasteiger partial charge in [-0.15, -0.1) is 0 Å². The second-order valence-electron chi connectivity index (χ2n) is 8.72. The first kappa shape index (κ1) is 24.2. The van der Waals surface area contributed by atoms with E-state index < -0.39 is 19.9 Å². The minimum Gasteiger partial charge on any atom is -0.766 e. The van der Waals surface area contributed by atoms with Crippen LogP contribution < -0.4 is 9.98 Å². The summed E-state index contributed by atoms with van der Waals surface area (Å²) in [4.78, 5) is 12.5. The van der Waals surface area contributed by atoms with Crippen molar-refractivity contribution in [3.63, 3.8) is 0 Å². The lowest BCUT2D eigenvalue weighted by molar-refractivity contribution is -0.206. The first-order valence-electron chi connectivity index (χ1n) is 10.3. The van der Waals surface area contributed by atoms with Gasteiger partial charge in [0.05, 0.1) is 49.8 Å². The number of ether oxygens (including phenoxy) is 3. The molecule has 1 aliphatic carbocycles. The normalized spacial score (nSPS) is 38.4. The molecule has 8 atom stereocenters. The van der Waals surface area contributed by atoms with Crippen LogP contribution in [0.3, 0.4) is 0 Å². The molecule has 0 aromatic carbocycles. The van der Waals surface area contributed by atoms with E-state index in [1.807, 2.05) is 41.5 Å². The SMILES string of the molecule is CC(C)OC[C@H]1O[C@@H](C)CC1NP(=O)([O-])OC[C@@H]1C(OC(C)C)C[C@H](C)C1O. The Balaban J connectivity index is 1.92. The van der Waals surface area contributed by atoms with E-state index in [0.717, 1.165) is 0 Å². The minimum atomic E-state index is -4.31. The lowest BCUT2D eigenvalue weighted by Gasteiger charge is -2.32. The Morgan fingerprint density at radius 1 is 1.18 bits per heavy atom. The number of rotatable bonds is 10. The van der Waals surface area contributed by atoms with Crippen LogP contribution in [0.25, 0.3) is 0 Å². The van der Waals surface area contributed by atoms with Crippen molar-refractivity contribution < 1.29 is 33.3 Å². The smallest absolute Gasteiger partial charge is 0.204 e. The highest BCUT2D eigenvalue weighted by Crippen LogP contribution is 2.40. The average molecular weight is 422 g/mol. The van der Waals surface area contributed by atoms with E-state index in [9.17, 15) is 14.6 Å². The average Bonchev–Trinajstić information content (AvgIpc) is 3.02. The molecule has 2 rings (SSSR count). The van der Waals surface area contributed by atoms with Crippen molar-refractivity contribution in [2.24, 2.45) is 11.8 Å². The minimum absolute atomic E-state index is 0.000946. The molecule has 8 nitrogen and oxygen atoms in total. The summed E-state index contributed by atoms with van der Waals surface area (Å²) in [6, 6.07) is -0.396. The number of hydrogen-bond donors (Lipinski definition) is 2. The molecule has 1 saturated heterocycles.